The van der Waals surface area contributed by atoms with Gasteiger partial charge in [0.2, 0.25) is 12.7 Å². The first kappa shape index (κ1) is 22.4. The van der Waals surface area contributed by atoms with Gasteiger partial charge in [-0.05, 0) is 48.2 Å². The number of methoxy groups -OCH3 is 2. The minimum atomic E-state index is -0.742. The number of carbonyl (C=O) groups excluding carboxylic acids is 2. The normalized spacial score (nSPS) is 20.6. The Labute approximate surface area is 199 Å². The van der Waals surface area contributed by atoms with E-state index in [1.54, 1.807) is 36.2 Å². The number of carbonyl (C=O) groups is 2. The van der Waals surface area contributed by atoms with E-state index in [9.17, 15) is 9.59 Å². The van der Waals surface area contributed by atoms with Gasteiger partial charge in [0.15, 0.2) is 23.0 Å². The van der Waals surface area contributed by atoms with E-state index in [1.807, 2.05) is 24.3 Å². The second-order valence-corrected chi connectivity index (χ2v) is 8.98. The smallest absolute Gasteiger partial charge is 0.250 e. The van der Waals surface area contributed by atoms with Gasteiger partial charge in [-0.2, -0.15) is 0 Å². The third kappa shape index (κ3) is 4.13. The summed E-state index contributed by atoms with van der Waals surface area (Å²) in [5.41, 5.74) is 1.58. The van der Waals surface area contributed by atoms with E-state index in [0.717, 1.165) is 31.2 Å². The monoisotopic (exact) mass is 466 g/mol. The number of amides is 2. The van der Waals surface area contributed by atoms with Crippen LogP contribution in [-0.2, 0) is 16.1 Å². The van der Waals surface area contributed by atoms with Crippen molar-refractivity contribution in [3.8, 4) is 23.0 Å². The molecule has 2 amide bonds. The highest BCUT2D eigenvalue weighted by atomic mass is 16.7. The van der Waals surface area contributed by atoms with E-state index >= 15 is 0 Å². The van der Waals surface area contributed by atoms with Gasteiger partial charge in [0.05, 0.1) is 14.2 Å². The predicted molar refractivity (Wildman–Crippen MR) is 124 cm³/mol. The lowest BCUT2D eigenvalue weighted by Gasteiger charge is -2.44. The first-order valence-electron chi connectivity index (χ1n) is 11.8. The summed E-state index contributed by atoms with van der Waals surface area (Å²) in [5.74, 6) is 2.33. The van der Waals surface area contributed by atoms with Crippen molar-refractivity contribution in [2.45, 2.75) is 50.7 Å². The van der Waals surface area contributed by atoms with Crippen LogP contribution in [0.4, 0.5) is 0 Å². The van der Waals surface area contributed by atoms with E-state index < -0.39 is 6.04 Å². The molecule has 1 saturated carbocycles. The van der Waals surface area contributed by atoms with E-state index in [4.69, 9.17) is 18.9 Å². The van der Waals surface area contributed by atoms with Crippen LogP contribution in [0.3, 0.4) is 0 Å². The number of piperazine rings is 1. The van der Waals surface area contributed by atoms with Gasteiger partial charge in [-0.3, -0.25) is 9.59 Å². The first-order chi connectivity index (χ1) is 16.6. The van der Waals surface area contributed by atoms with Gasteiger partial charge in [0, 0.05) is 12.6 Å². The highest BCUT2D eigenvalue weighted by Gasteiger charge is 2.43. The minimum absolute atomic E-state index is 0.0422. The van der Waals surface area contributed by atoms with Crippen LogP contribution in [0.25, 0.3) is 0 Å². The van der Waals surface area contributed by atoms with Gasteiger partial charge in [-0.1, -0.05) is 31.4 Å². The number of fused-ring (bicyclic) bond motifs is 1. The summed E-state index contributed by atoms with van der Waals surface area (Å²) >= 11 is 0. The maximum atomic E-state index is 13.9. The van der Waals surface area contributed by atoms with E-state index in [1.165, 1.54) is 6.42 Å². The molecule has 2 fully saturated rings. The van der Waals surface area contributed by atoms with E-state index in [2.05, 4.69) is 0 Å². The minimum Gasteiger partial charge on any atom is -0.493 e. The summed E-state index contributed by atoms with van der Waals surface area (Å²) in [6.45, 7) is 0.584. The van der Waals surface area contributed by atoms with Crippen molar-refractivity contribution in [1.29, 1.82) is 0 Å². The molecular formula is C26H30N2O6. The molecule has 8 heteroatoms. The van der Waals surface area contributed by atoms with Gasteiger partial charge in [0.25, 0.3) is 5.91 Å². The summed E-state index contributed by atoms with van der Waals surface area (Å²) in [7, 11) is 3.14. The molecule has 0 spiro atoms. The Morgan fingerprint density at radius 2 is 1.68 bits per heavy atom. The van der Waals surface area contributed by atoms with Crippen molar-refractivity contribution >= 4 is 11.8 Å². The Morgan fingerprint density at radius 3 is 2.44 bits per heavy atom. The third-order valence-electron chi connectivity index (χ3n) is 6.98. The highest BCUT2D eigenvalue weighted by Crippen LogP contribution is 2.38. The molecule has 2 aromatic carbocycles. The molecule has 0 N–H and O–H groups in total. The molecule has 3 aliphatic rings. The second kappa shape index (κ2) is 9.44. The number of ether oxygens (including phenoxy) is 4. The zero-order chi connectivity index (χ0) is 23.7. The topological polar surface area (TPSA) is 77.5 Å². The largest absolute Gasteiger partial charge is 0.493 e. The molecule has 2 heterocycles. The molecular weight excluding hydrogens is 436 g/mol. The number of hydrogen-bond acceptors (Lipinski definition) is 6. The van der Waals surface area contributed by atoms with Crippen LogP contribution in [-0.4, -0.2) is 55.2 Å². The average molecular weight is 467 g/mol. The summed E-state index contributed by atoms with van der Waals surface area (Å²) < 4.78 is 21.8. The third-order valence-corrected chi connectivity index (χ3v) is 6.98. The fourth-order valence-corrected chi connectivity index (χ4v) is 5.21. The number of nitrogens with zero attached hydrogens (tertiary/aromatic N) is 2. The Morgan fingerprint density at radius 1 is 0.912 bits per heavy atom. The Balaban J connectivity index is 1.50. The lowest BCUT2D eigenvalue weighted by molar-refractivity contribution is -0.160. The Bertz CT molecular complexity index is 1080. The second-order valence-electron chi connectivity index (χ2n) is 8.98. The summed E-state index contributed by atoms with van der Waals surface area (Å²) in [5, 5.41) is 0. The maximum Gasteiger partial charge on any atom is 0.250 e. The summed E-state index contributed by atoms with van der Waals surface area (Å²) in [4.78, 5) is 30.9. The predicted octanol–water partition coefficient (Wildman–Crippen LogP) is 3.68. The highest BCUT2D eigenvalue weighted by molar-refractivity contribution is 5.96. The van der Waals surface area contributed by atoms with Crippen molar-refractivity contribution in [3.63, 3.8) is 0 Å². The standard InChI is InChI=1S/C26H30N2O6/c1-31-20-11-9-18(13-22(20)32-2)25-26(30)27(19-6-4-3-5-7-19)15-24(29)28(25)14-17-8-10-21-23(12-17)34-16-33-21/h8-13,19,25H,3-7,14-16H2,1-2H3/t25-/m1/s1. The molecule has 0 aromatic heterocycles. The molecule has 0 radical (unpaired) electrons. The van der Waals surface area contributed by atoms with Crippen LogP contribution < -0.4 is 18.9 Å². The van der Waals surface area contributed by atoms with Crippen LogP contribution in [0.15, 0.2) is 36.4 Å². The van der Waals surface area contributed by atoms with Crippen LogP contribution in [0.5, 0.6) is 23.0 Å². The lowest BCUT2D eigenvalue weighted by atomic mass is 9.91. The molecule has 0 bridgehead atoms. The van der Waals surface area contributed by atoms with Gasteiger partial charge < -0.3 is 28.7 Å². The van der Waals surface area contributed by atoms with Crippen LogP contribution in [0, 0.1) is 0 Å². The SMILES string of the molecule is COc1ccc([C@@H]2C(=O)N(C3CCCCC3)CC(=O)N2Cc2ccc3c(c2)OCO3)cc1OC. The molecule has 8 nitrogen and oxygen atoms in total. The maximum absolute atomic E-state index is 13.9. The molecule has 34 heavy (non-hydrogen) atoms. The van der Waals surface area contributed by atoms with Crippen molar-refractivity contribution in [2.75, 3.05) is 27.6 Å². The fraction of sp³-hybridized carbons (Fsp3) is 0.462. The van der Waals surface area contributed by atoms with Crippen LogP contribution in [0.1, 0.15) is 49.3 Å². The zero-order valence-electron chi connectivity index (χ0n) is 19.6. The van der Waals surface area contributed by atoms with Crippen molar-refractivity contribution < 1.29 is 28.5 Å². The first-order valence-corrected chi connectivity index (χ1v) is 11.8. The van der Waals surface area contributed by atoms with Crippen LogP contribution >= 0.6 is 0 Å². The van der Waals surface area contributed by atoms with E-state index in [0.29, 0.717) is 35.1 Å². The molecule has 2 aliphatic heterocycles. The molecule has 1 saturated heterocycles. The Kier molecular flexibility index (Phi) is 6.22. The summed E-state index contributed by atoms with van der Waals surface area (Å²) in [6, 6.07) is 10.4. The number of benzene rings is 2. The molecule has 1 atom stereocenters. The molecule has 5 rings (SSSR count). The summed E-state index contributed by atoms with van der Waals surface area (Å²) in [6.07, 6.45) is 5.25. The quantitative estimate of drug-likeness (QED) is 0.647. The van der Waals surface area contributed by atoms with Gasteiger partial charge in [-0.15, -0.1) is 0 Å². The molecule has 180 valence electrons. The molecule has 0 unspecified atom stereocenters. The average Bonchev–Trinajstić information content (AvgIpc) is 3.34. The molecule has 1 aliphatic carbocycles. The number of hydrogen-bond donors (Lipinski definition) is 0. The Hall–Kier alpha value is -3.42. The van der Waals surface area contributed by atoms with Crippen LogP contribution in [0.2, 0.25) is 0 Å². The zero-order valence-corrected chi connectivity index (χ0v) is 19.6. The van der Waals surface area contributed by atoms with Gasteiger partial charge in [-0.25, -0.2) is 0 Å². The van der Waals surface area contributed by atoms with E-state index in [-0.39, 0.29) is 31.2 Å². The van der Waals surface area contributed by atoms with Crippen molar-refractivity contribution in [1.82, 2.24) is 9.80 Å². The van der Waals surface area contributed by atoms with Gasteiger partial charge >= 0.3 is 0 Å². The molecule has 2 aromatic rings. The van der Waals surface area contributed by atoms with Gasteiger partial charge in [0.1, 0.15) is 12.6 Å². The lowest BCUT2D eigenvalue weighted by Crippen LogP contribution is -2.58. The fourth-order valence-electron chi connectivity index (χ4n) is 5.21. The van der Waals surface area contributed by atoms with Crippen molar-refractivity contribution in [3.05, 3.63) is 47.5 Å². The van der Waals surface area contributed by atoms with Crippen molar-refractivity contribution in [2.24, 2.45) is 0 Å². The number of rotatable bonds is 6.